The van der Waals surface area contributed by atoms with E-state index in [0.29, 0.717) is 5.56 Å². The Morgan fingerprint density at radius 2 is 2.06 bits per heavy atom. The van der Waals surface area contributed by atoms with E-state index in [1.807, 2.05) is 19.1 Å². The summed E-state index contributed by atoms with van der Waals surface area (Å²) < 4.78 is 15.8. The number of carbonyl (C=O) groups excluding carboxylic acids is 1. The number of esters is 1. The van der Waals surface area contributed by atoms with E-state index in [2.05, 4.69) is 0 Å². The van der Waals surface area contributed by atoms with Crippen LogP contribution in [0.1, 0.15) is 28.8 Å². The second-order valence-electron chi connectivity index (χ2n) is 4.47. The van der Waals surface area contributed by atoms with E-state index in [-0.39, 0.29) is 25.0 Å². The van der Waals surface area contributed by atoms with Gasteiger partial charge in [-0.1, -0.05) is 17.7 Å². The van der Waals surface area contributed by atoms with Gasteiger partial charge in [-0.2, -0.15) is 0 Å². The zero-order chi connectivity index (χ0) is 13.0. The van der Waals surface area contributed by atoms with Crippen molar-refractivity contribution in [1.29, 1.82) is 0 Å². The van der Waals surface area contributed by atoms with Gasteiger partial charge in [0, 0.05) is 13.5 Å². The molecule has 18 heavy (non-hydrogen) atoms. The van der Waals surface area contributed by atoms with Crippen molar-refractivity contribution in [2.24, 2.45) is 0 Å². The monoisotopic (exact) mass is 250 g/mol. The van der Waals surface area contributed by atoms with Crippen LogP contribution in [0.3, 0.4) is 0 Å². The van der Waals surface area contributed by atoms with Crippen molar-refractivity contribution >= 4 is 5.97 Å². The smallest absolute Gasteiger partial charge is 0.338 e. The highest BCUT2D eigenvalue weighted by molar-refractivity contribution is 5.89. The van der Waals surface area contributed by atoms with Gasteiger partial charge in [-0.15, -0.1) is 0 Å². The van der Waals surface area contributed by atoms with E-state index in [9.17, 15) is 4.79 Å². The molecule has 4 heteroatoms. The van der Waals surface area contributed by atoms with Gasteiger partial charge in [0.2, 0.25) is 0 Å². The number of ether oxygens (including phenoxy) is 3. The molecule has 1 aliphatic heterocycles. The molecule has 0 aromatic heterocycles. The predicted molar refractivity (Wildman–Crippen MR) is 66.4 cm³/mol. The Labute approximate surface area is 107 Å². The van der Waals surface area contributed by atoms with Gasteiger partial charge in [-0.05, 0) is 25.5 Å². The summed E-state index contributed by atoms with van der Waals surface area (Å²) in [5, 5.41) is 0. The average Bonchev–Trinajstić information content (AvgIpc) is 2.85. The zero-order valence-electron chi connectivity index (χ0n) is 10.7. The van der Waals surface area contributed by atoms with E-state index in [1.54, 1.807) is 19.2 Å². The molecule has 4 nitrogen and oxygen atoms in total. The van der Waals surface area contributed by atoms with Gasteiger partial charge in [0.1, 0.15) is 6.61 Å². The van der Waals surface area contributed by atoms with Gasteiger partial charge in [-0.3, -0.25) is 0 Å². The van der Waals surface area contributed by atoms with E-state index < -0.39 is 0 Å². The van der Waals surface area contributed by atoms with Crippen LogP contribution in [-0.2, 0) is 14.2 Å². The Hall–Kier alpha value is -1.39. The number of rotatable bonds is 4. The molecule has 1 aromatic carbocycles. The number of aryl methyl sites for hydroxylation is 1. The summed E-state index contributed by atoms with van der Waals surface area (Å²) in [6.45, 7) is 2.26. The van der Waals surface area contributed by atoms with Gasteiger partial charge in [0.05, 0.1) is 11.7 Å². The van der Waals surface area contributed by atoms with E-state index in [1.165, 1.54) is 0 Å². The summed E-state index contributed by atoms with van der Waals surface area (Å²) in [5.74, 6) is -0.306. The van der Waals surface area contributed by atoms with Crippen LogP contribution in [0.2, 0.25) is 0 Å². The summed E-state index contributed by atoms with van der Waals surface area (Å²) in [6.07, 6.45) is 1.50. The minimum Gasteiger partial charge on any atom is -0.459 e. The third-order valence-electron chi connectivity index (χ3n) is 3.02. The van der Waals surface area contributed by atoms with E-state index in [4.69, 9.17) is 14.2 Å². The van der Waals surface area contributed by atoms with Crippen molar-refractivity contribution in [3.8, 4) is 0 Å². The van der Waals surface area contributed by atoms with Crippen LogP contribution in [0.4, 0.5) is 0 Å². The van der Waals surface area contributed by atoms with Gasteiger partial charge in [0.25, 0.3) is 0 Å². The standard InChI is InChI=1S/C14H18O4/c1-10-3-5-11(6-4-10)14(15)17-9-12-7-8-13(16-2)18-12/h3-6,12-13H,7-9H2,1-2H3/t12-,13-/m1/s1. The Kier molecular flexibility index (Phi) is 4.33. The SMILES string of the molecule is CO[C@H]1CC[C@H](COC(=O)c2ccc(C)cc2)O1. The molecule has 0 radical (unpaired) electrons. The molecule has 2 atom stereocenters. The summed E-state index contributed by atoms with van der Waals surface area (Å²) >= 11 is 0. The van der Waals surface area contributed by atoms with Crippen molar-refractivity contribution in [3.05, 3.63) is 35.4 Å². The minimum absolute atomic E-state index is 0.0515. The molecule has 1 fully saturated rings. The highest BCUT2D eigenvalue weighted by Gasteiger charge is 2.26. The molecule has 0 amide bonds. The first-order chi connectivity index (χ1) is 8.69. The van der Waals surface area contributed by atoms with Crippen molar-refractivity contribution in [2.75, 3.05) is 13.7 Å². The van der Waals surface area contributed by atoms with Crippen LogP contribution >= 0.6 is 0 Å². The molecule has 0 spiro atoms. The maximum atomic E-state index is 11.8. The van der Waals surface area contributed by atoms with Crippen molar-refractivity contribution in [1.82, 2.24) is 0 Å². The Bertz CT molecular complexity index is 399. The number of hydrogen-bond acceptors (Lipinski definition) is 4. The summed E-state index contributed by atoms with van der Waals surface area (Å²) in [7, 11) is 1.62. The second kappa shape index (κ2) is 5.98. The maximum Gasteiger partial charge on any atom is 0.338 e. The zero-order valence-corrected chi connectivity index (χ0v) is 10.7. The highest BCUT2D eigenvalue weighted by atomic mass is 16.7. The highest BCUT2D eigenvalue weighted by Crippen LogP contribution is 2.20. The lowest BCUT2D eigenvalue weighted by Gasteiger charge is -2.12. The Morgan fingerprint density at radius 1 is 1.33 bits per heavy atom. The first-order valence-electron chi connectivity index (χ1n) is 6.11. The van der Waals surface area contributed by atoms with Crippen LogP contribution in [0.15, 0.2) is 24.3 Å². The van der Waals surface area contributed by atoms with Crippen molar-refractivity contribution in [2.45, 2.75) is 32.2 Å². The molecule has 2 rings (SSSR count). The molecule has 0 N–H and O–H groups in total. The molecule has 1 aromatic rings. The summed E-state index contributed by atoms with van der Waals surface area (Å²) in [4.78, 5) is 11.8. The third-order valence-corrected chi connectivity index (χ3v) is 3.02. The van der Waals surface area contributed by atoms with Gasteiger partial charge in [-0.25, -0.2) is 4.79 Å². The first-order valence-corrected chi connectivity index (χ1v) is 6.11. The average molecular weight is 250 g/mol. The third kappa shape index (κ3) is 3.31. The molecule has 0 unspecified atom stereocenters. The molecular formula is C14H18O4. The van der Waals surface area contributed by atoms with Crippen LogP contribution in [0.25, 0.3) is 0 Å². The fourth-order valence-corrected chi connectivity index (χ4v) is 1.91. The van der Waals surface area contributed by atoms with Crippen LogP contribution in [-0.4, -0.2) is 32.1 Å². The number of hydrogen-bond donors (Lipinski definition) is 0. The van der Waals surface area contributed by atoms with Gasteiger partial charge in [0.15, 0.2) is 6.29 Å². The fourth-order valence-electron chi connectivity index (χ4n) is 1.91. The molecule has 0 saturated carbocycles. The molecular weight excluding hydrogens is 232 g/mol. The van der Waals surface area contributed by atoms with Crippen LogP contribution in [0, 0.1) is 6.92 Å². The molecule has 0 bridgehead atoms. The molecule has 1 saturated heterocycles. The van der Waals surface area contributed by atoms with E-state index in [0.717, 1.165) is 18.4 Å². The number of methoxy groups -OCH3 is 1. The lowest BCUT2D eigenvalue weighted by atomic mass is 10.1. The number of benzene rings is 1. The normalized spacial score (nSPS) is 23.0. The van der Waals surface area contributed by atoms with Crippen molar-refractivity contribution < 1.29 is 19.0 Å². The molecule has 1 heterocycles. The topological polar surface area (TPSA) is 44.8 Å². The lowest BCUT2D eigenvalue weighted by Crippen LogP contribution is -2.20. The van der Waals surface area contributed by atoms with Gasteiger partial charge < -0.3 is 14.2 Å². The quantitative estimate of drug-likeness (QED) is 0.769. The summed E-state index contributed by atoms with van der Waals surface area (Å²) in [5.41, 5.74) is 1.69. The Balaban J connectivity index is 1.80. The second-order valence-corrected chi connectivity index (χ2v) is 4.47. The first kappa shape index (κ1) is 13.1. The lowest BCUT2D eigenvalue weighted by molar-refractivity contribution is -0.123. The number of carbonyl (C=O) groups is 1. The van der Waals surface area contributed by atoms with Crippen LogP contribution < -0.4 is 0 Å². The molecule has 98 valence electrons. The molecule has 0 aliphatic carbocycles. The van der Waals surface area contributed by atoms with Crippen LogP contribution in [0.5, 0.6) is 0 Å². The van der Waals surface area contributed by atoms with Gasteiger partial charge >= 0.3 is 5.97 Å². The van der Waals surface area contributed by atoms with E-state index >= 15 is 0 Å². The Morgan fingerprint density at radius 3 is 2.67 bits per heavy atom. The fraction of sp³-hybridized carbons (Fsp3) is 0.500. The van der Waals surface area contributed by atoms with Crippen molar-refractivity contribution in [3.63, 3.8) is 0 Å². The molecule has 1 aliphatic rings. The largest absolute Gasteiger partial charge is 0.459 e. The predicted octanol–water partition coefficient (Wildman–Crippen LogP) is 2.30. The maximum absolute atomic E-state index is 11.8. The minimum atomic E-state index is -0.306. The summed E-state index contributed by atoms with van der Waals surface area (Å²) in [6, 6.07) is 7.32.